The summed E-state index contributed by atoms with van der Waals surface area (Å²) < 4.78 is 5.89. The van der Waals surface area contributed by atoms with Gasteiger partial charge in [0.2, 0.25) is 0 Å². The molecule has 0 aromatic heterocycles. The van der Waals surface area contributed by atoms with Gasteiger partial charge in [-0.1, -0.05) is 47.5 Å². The fourth-order valence-electron chi connectivity index (χ4n) is 3.80. The molecule has 0 heterocycles. The SMILES string of the molecule is O=C(c1ccc(O[C@H]2CC[C@H](C(=O)O)C2)cc1)c1c(Cl)c(Cl)cc2ccccc12. The van der Waals surface area contributed by atoms with Crippen LogP contribution in [-0.4, -0.2) is 23.0 Å². The van der Waals surface area contributed by atoms with Gasteiger partial charge in [0.1, 0.15) is 5.75 Å². The zero-order valence-electron chi connectivity index (χ0n) is 15.4. The lowest BCUT2D eigenvalue weighted by molar-refractivity contribution is -0.141. The summed E-state index contributed by atoms with van der Waals surface area (Å²) >= 11 is 12.6. The lowest BCUT2D eigenvalue weighted by atomic mass is 9.97. The maximum absolute atomic E-state index is 13.2. The predicted molar refractivity (Wildman–Crippen MR) is 113 cm³/mol. The number of carbonyl (C=O) groups excluding carboxylic acids is 1. The van der Waals surface area contributed by atoms with E-state index in [9.17, 15) is 9.59 Å². The monoisotopic (exact) mass is 428 g/mol. The van der Waals surface area contributed by atoms with Gasteiger partial charge in [-0.2, -0.15) is 0 Å². The van der Waals surface area contributed by atoms with Crippen LogP contribution < -0.4 is 4.74 Å². The van der Waals surface area contributed by atoms with Gasteiger partial charge in [-0.3, -0.25) is 9.59 Å². The number of benzene rings is 3. The molecule has 6 heteroatoms. The molecule has 1 fully saturated rings. The summed E-state index contributed by atoms with van der Waals surface area (Å²) in [4.78, 5) is 24.2. The quantitative estimate of drug-likeness (QED) is 0.505. The standard InChI is InChI=1S/C23H18Cl2O4/c24-19-12-14-3-1-2-4-18(14)20(21(19)25)22(26)13-5-8-16(9-6-13)29-17-10-7-15(11-17)23(27)28/h1-6,8-9,12,15,17H,7,10-11H2,(H,27,28)/t15-,17-/m0/s1. The molecule has 3 aromatic carbocycles. The Labute approximate surface area is 178 Å². The Morgan fingerprint density at radius 1 is 1.00 bits per heavy atom. The molecule has 0 unspecified atom stereocenters. The second kappa shape index (κ2) is 8.05. The van der Waals surface area contributed by atoms with E-state index in [1.807, 2.05) is 24.3 Å². The average Bonchev–Trinajstić information content (AvgIpc) is 3.18. The highest BCUT2D eigenvalue weighted by atomic mass is 35.5. The smallest absolute Gasteiger partial charge is 0.306 e. The van der Waals surface area contributed by atoms with Crippen LogP contribution >= 0.6 is 23.2 Å². The molecule has 1 N–H and O–H groups in total. The van der Waals surface area contributed by atoms with Crippen LogP contribution in [0.1, 0.15) is 35.2 Å². The molecule has 4 rings (SSSR count). The third-order valence-electron chi connectivity index (χ3n) is 5.32. The van der Waals surface area contributed by atoms with E-state index in [0.717, 1.165) is 10.8 Å². The van der Waals surface area contributed by atoms with Crippen LogP contribution in [0.2, 0.25) is 10.0 Å². The number of hydrogen-bond donors (Lipinski definition) is 1. The first-order chi connectivity index (χ1) is 13.9. The molecular weight excluding hydrogens is 411 g/mol. The third-order valence-corrected chi connectivity index (χ3v) is 6.11. The van der Waals surface area contributed by atoms with Gasteiger partial charge in [0.05, 0.1) is 27.6 Å². The summed E-state index contributed by atoms with van der Waals surface area (Å²) in [5.74, 6) is -0.728. The minimum Gasteiger partial charge on any atom is -0.490 e. The predicted octanol–water partition coefficient (Wildman–Crippen LogP) is 6.01. The Kier molecular flexibility index (Phi) is 5.48. The van der Waals surface area contributed by atoms with Crippen molar-refractivity contribution in [2.75, 3.05) is 0 Å². The second-order valence-corrected chi connectivity index (χ2v) is 8.00. The van der Waals surface area contributed by atoms with Crippen LogP contribution in [0, 0.1) is 5.92 Å². The lowest BCUT2D eigenvalue weighted by Crippen LogP contribution is -2.15. The number of rotatable bonds is 5. The summed E-state index contributed by atoms with van der Waals surface area (Å²) in [5.41, 5.74) is 0.852. The zero-order valence-corrected chi connectivity index (χ0v) is 16.9. The molecular formula is C23H18Cl2O4. The number of carboxylic acids is 1. The topological polar surface area (TPSA) is 63.6 Å². The largest absolute Gasteiger partial charge is 0.490 e. The second-order valence-electron chi connectivity index (χ2n) is 7.21. The molecule has 0 amide bonds. The van der Waals surface area contributed by atoms with Gasteiger partial charge >= 0.3 is 5.97 Å². The highest BCUT2D eigenvalue weighted by Gasteiger charge is 2.31. The summed E-state index contributed by atoms with van der Waals surface area (Å²) in [5, 5.41) is 11.3. The van der Waals surface area contributed by atoms with E-state index in [1.165, 1.54) is 0 Å². The molecule has 148 valence electrons. The van der Waals surface area contributed by atoms with Crippen molar-refractivity contribution in [1.29, 1.82) is 0 Å². The molecule has 3 aromatic rings. The number of ether oxygens (including phenoxy) is 1. The molecule has 1 aliphatic carbocycles. The first kappa shape index (κ1) is 19.7. The van der Waals surface area contributed by atoms with Gasteiger partial charge in [-0.25, -0.2) is 0 Å². The Morgan fingerprint density at radius 3 is 2.41 bits per heavy atom. The van der Waals surface area contributed by atoms with Crippen molar-refractivity contribution in [1.82, 2.24) is 0 Å². The first-order valence-corrected chi connectivity index (χ1v) is 10.1. The van der Waals surface area contributed by atoms with E-state index in [1.54, 1.807) is 30.3 Å². The fourth-order valence-corrected chi connectivity index (χ4v) is 4.26. The van der Waals surface area contributed by atoms with Gasteiger partial charge in [0, 0.05) is 5.56 Å². The first-order valence-electron chi connectivity index (χ1n) is 9.35. The van der Waals surface area contributed by atoms with Crippen molar-refractivity contribution in [3.63, 3.8) is 0 Å². The summed E-state index contributed by atoms with van der Waals surface area (Å²) in [6.07, 6.45) is 1.71. The molecule has 29 heavy (non-hydrogen) atoms. The molecule has 4 nitrogen and oxygen atoms in total. The molecule has 0 bridgehead atoms. The number of halogens is 2. The Bertz CT molecular complexity index is 1090. The third kappa shape index (κ3) is 3.96. The van der Waals surface area contributed by atoms with Gasteiger partial charge < -0.3 is 9.84 Å². The van der Waals surface area contributed by atoms with E-state index in [2.05, 4.69) is 0 Å². The summed E-state index contributed by atoms with van der Waals surface area (Å²) in [6, 6.07) is 16.0. The Balaban J connectivity index is 1.57. The maximum Gasteiger partial charge on any atom is 0.306 e. The minimum atomic E-state index is -0.775. The van der Waals surface area contributed by atoms with Crippen LogP contribution in [0.15, 0.2) is 54.6 Å². The minimum absolute atomic E-state index is 0.121. The van der Waals surface area contributed by atoms with Gasteiger partial charge in [-0.05, 0) is 60.4 Å². The Hall–Kier alpha value is -2.56. The Morgan fingerprint density at radius 2 is 1.72 bits per heavy atom. The zero-order chi connectivity index (χ0) is 20.5. The number of ketones is 1. The van der Waals surface area contributed by atoms with Crippen LogP contribution in [0.25, 0.3) is 10.8 Å². The van der Waals surface area contributed by atoms with E-state index in [-0.39, 0.29) is 22.8 Å². The van der Waals surface area contributed by atoms with Crippen LogP contribution in [0.4, 0.5) is 0 Å². The van der Waals surface area contributed by atoms with Gasteiger partial charge in [0.25, 0.3) is 0 Å². The molecule has 1 aliphatic rings. The van der Waals surface area contributed by atoms with E-state index in [0.29, 0.717) is 41.2 Å². The van der Waals surface area contributed by atoms with Gasteiger partial charge in [0.15, 0.2) is 5.78 Å². The fraction of sp³-hybridized carbons (Fsp3) is 0.217. The molecule has 0 spiro atoms. The van der Waals surface area contributed by atoms with E-state index in [4.69, 9.17) is 33.0 Å². The highest BCUT2D eigenvalue weighted by Crippen LogP contribution is 2.35. The van der Waals surface area contributed by atoms with Crippen molar-refractivity contribution < 1.29 is 19.4 Å². The molecule has 1 saturated carbocycles. The normalized spacial score (nSPS) is 18.7. The molecule has 0 radical (unpaired) electrons. The number of fused-ring (bicyclic) bond motifs is 1. The van der Waals surface area contributed by atoms with Crippen LogP contribution in [-0.2, 0) is 4.79 Å². The van der Waals surface area contributed by atoms with Crippen molar-refractivity contribution in [3.05, 3.63) is 75.8 Å². The molecule has 0 saturated heterocycles. The number of aliphatic carboxylic acids is 1. The van der Waals surface area contributed by atoms with Crippen molar-refractivity contribution in [2.45, 2.75) is 25.4 Å². The summed E-state index contributed by atoms with van der Waals surface area (Å²) in [6.45, 7) is 0. The maximum atomic E-state index is 13.2. The van der Waals surface area contributed by atoms with Gasteiger partial charge in [-0.15, -0.1) is 0 Å². The van der Waals surface area contributed by atoms with E-state index >= 15 is 0 Å². The van der Waals surface area contributed by atoms with E-state index < -0.39 is 5.97 Å². The number of hydrogen-bond acceptors (Lipinski definition) is 3. The van der Waals surface area contributed by atoms with Crippen molar-refractivity contribution >= 4 is 45.7 Å². The number of carbonyl (C=O) groups is 2. The highest BCUT2D eigenvalue weighted by molar-refractivity contribution is 6.46. The number of carboxylic acid groups (broad SMARTS) is 1. The van der Waals surface area contributed by atoms with Crippen molar-refractivity contribution in [3.8, 4) is 5.75 Å². The molecule has 2 atom stereocenters. The average molecular weight is 429 g/mol. The van der Waals surface area contributed by atoms with Crippen LogP contribution in [0.5, 0.6) is 5.75 Å². The van der Waals surface area contributed by atoms with Crippen LogP contribution in [0.3, 0.4) is 0 Å². The summed E-state index contributed by atoms with van der Waals surface area (Å²) in [7, 11) is 0. The van der Waals surface area contributed by atoms with Crippen molar-refractivity contribution in [2.24, 2.45) is 5.92 Å². The molecule has 0 aliphatic heterocycles. The lowest BCUT2D eigenvalue weighted by Gasteiger charge is -2.14.